The quantitative estimate of drug-likeness (QED) is 0.697. The Morgan fingerprint density at radius 3 is 2.76 bits per heavy atom. The second kappa shape index (κ2) is 7.23. The van der Waals surface area contributed by atoms with Crippen molar-refractivity contribution >= 4 is 32.6 Å². The Bertz CT molecular complexity index is 915. The maximum absolute atomic E-state index is 12.2. The first kappa shape index (κ1) is 17.4. The second-order valence-electron chi connectivity index (χ2n) is 6.48. The average molecular weight is 354 g/mol. The summed E-state index contributed by atoms with van der Waals surface area (Å²) in [5, 5.41) is 3.45. The van der Waals surface area contributed by atoms with Crippen LogP contribution in [0, 0.1) is 13.8 Å². The molecular weight excluding hydrogens is 332 g/mol. The monoisotopic (exact) mass is 354 g/mol. The van der Waals surface area contributed by atoms with Crippen molar-refractivity contribution in [3.05, 3.63) is 53.1 Å². The maximum Gasteiger partial charge on any atom is 0.264 e. The van der Waals surface area contributed by atoms with Gasteiger partial charge in [-0.05, 0) is 48.6 Å². The summed E-state index contributed by atoms with van der Waals surface area (Å²) >= 11 is 1.49. The Balaban J connectivity index is 1.68. The molecule has 0 radical (unpaired) electrons. The third kappa shape index (κ3) is 3.99. The van der Waals surface area contributed by atoms with Crippen LogP contribution in [-0.4, -0.2) is 17.5 Å². The van der Waals surface area contributed by atoms with Crippen LogP contribution in [0.25, 0.3) is 10.2 Å². The summed E-state index contributed by atoms with van der Waals surface area (Å²) in [5.41, 5.74) is 4.35. The zero-order valence-electron chi connectivity index (χ0n) is 14.9. The molecule has 0 unspecified atom stereocenters. The van der Waals surface area contributed by atoms with Gasteiger partial charge in [-0.15, -0.1) is 0 Å². The summed E-state index contributed by atoms with van der Waals surface area (Å²) in [7, 11) is 0. The Morgan fingerprint density at radius 1 is 1.24 bits per heavy atom. The highest BCUT2D eigenvalue weighted by atomic mass is 32.1. The van der Waals surface area contributed by atoms with Gasteiger partial charge >= 0.3 is 0 Å². The minimum Gasteiger partial charge on any atom is -0.483 e. The van der Waals surface area contributed by atoms with E-state index in [1.54, 1.807) is 0 Å². The molecule has 0 aliphatic heterocycles. The average Bonchev–Trinajstić information content (AvgIpc) is 2.95. The van der Waals surface area contributed by atoms with Crippen LogP contribution in [0.3, 0.4) is 0 Å². The van der Waals surface area contributed by atoms with Crippen LogP contribution >= 0.6 is 11.3 Å². The molecule has 0 spiro atoms. The Labute approximate surface area is 151 Å². The number of carbonyl (C=O) groups is 1. The molecule has 0 saturated carbocycles. The fourth-order valence-electron chi connectivity index (χ4n) is 2.81. The first-order valence-electron chi connectivity index (χ1n) is 8.33. The van der Waals surface area contributed by atoms with Gasteiger partial charge < -0.3 is 4.74 Å². The van der Waals surface area contributed by atoms with Gasteiger partial charge in [-0.1, -0.05) is 49.4 Å². The van der Waals surface area contributed by atoms with E-state index < -0.39 is 0 Å². The lowest BCUT2D eigenvalue weighted by Crippen LogP contribution is -2.20. The van der Waals surface area contributed by atoms with E-state index in [0.717, 1.165) is 27.1 Å². The highest BCUT2D eigenvalue weighted by molar-refractivity contribution is 7.22. The Morgan fingerprint density at radius 2 is 2.00 bits per heavy atom. The molecule has 0 bridgehead atoms. The van der Waals surface area contributed by atoms with E-state index in [1.165, 1.54) is 16.9 Å². The molecule has 130 valence electrons. The Hall–Kier alpha value is -2.40. The molecule has 2 aromatic carbocycles. The lowest BCUT2D eigenvalue weighted by molar-refractivity contribution is -0.118. The molecule has 3 rings (SSSR count). The molecule has 0 aliphatic rings. The van der Waals surface area contributed by atoms with Crippen molar-refractivity contribution in [3.8, 4) is 5.75 Å². The van der Waals surface area contributed by atoms with E-state index in [0.29, 0.717) is 11.0 Å². The minimum atomic E-state index is -0.202. The number of ether oxygens (including phenoxy) is 1. The first-order valence-corrected chi connectivity index (χ1v) is 9.15. The number of benzene rings is 2. The van der Waals surface area contributed by atoms with Crippen LogP contribution in [-0.2, 0) is 4.79 Å². The number of hydrogen-bond acceptors (Lipinski definition) is 4. The van der Waals surface area contributed by atoms with Crippen LogP contribution in [0.15, 0.2) is 36.4 Å². The lowest BCUT2D eigenvalue weighted by Gasteiger charge is -2.13. The van der Waals surface area contributed by atoms with Crippen molar-refractivity contribution < 1.29 is 9.53 Å². The number of anilines is 1. The van der Waals surface area contributed by atoms with Gasteiger partial charge in [0.05, 0.1) is 10.2 Å². The number of nitrogens with one attached hydrogen (secondary N) is 1. The molecule has 0 atom stereocenters. The number of aryl methyl sites for hydroxylation is 2. The smallest absolute Gasteiger partial charge is 0.264 e. The highest BCUT2D eigenvalue weighted by Crippen LogP contribution is 2.29. The van der Waals surface area contributed by atoms with E-state index >= 15 is 0 Å². The predicted octanol–water partition coefficient (Wildman–Crippen LogP) is 5.05. The lowest BCUT2D eigenvalue weighted by atomic mass is 10.0. The molecule has 25 heavy (non-hydrogen) atoms. The van der Waals surface area contributed by atoms with Gasteiger partial charge in [-0.3, -0.25) is 10.1 Å². The van der Waals surface area contributed by atoms with Gasteiger partial charge in [0.1, 0.15) is 5.75 Å². The SMILES string of the molecule is Cc1cc(C)c2nc(NC(=O)COc3ccccc3C(C)C)sc2c1. The third-order valence-electron chi connectivity index (χ3n) is 3.98. The van der Waals surface area contributed by atoms with Crippen molar-refractivity contribution in [2.75, 3.05) is 11.9 Å². The number of hydrogen-bond donors (Lipinski definition) is 1. The molecule has 0 saturated heterocycles. The molecule has 4 nitrogen and oxygen atoms in total. The first-order chi connectivity index (χ1) is 11.9. The number of para-hydroxylation sites is 1. The molecule has 0 fully saturated rings. The normalized spacial score (nSPS) is 11.1. The van der Waals surface area contributed by atoms with Crippen molar-refractivity contribution in [1.82, 2.24) is 4.98 Å². The molecule has 1 amide bonds. The van der Waals surface area contributed by atoms with Gasteiger partial charge in [0.25, 0.3) is 5.91 Å². The maximum atomic E-state index is 12.2. The topological polar surface area (TPSA) is 51.2 Å². The van der Waals surface area contributed by atoms with Gasteiger partial charge in [0, 0.05) is 0 Å². The van der Waals surface area contributed by atoms with Crippen LogP contribution in [0.5, 0.6) is 5.75 Å². The summed E-state index contributed by atoms with van der Waals surface area (Å²) in [6, 6.07) is 12.0. The molecular formula is C20H22N2O2S. The summed E-state index contributed by atoms with van der Waals surface area (Å²) in [4.78, 5) is 16.8. The number of rotatable bonds is 5. The largest absolute Gasteiger partial charge is 0.483 e. The zero-order chi connectivity index (χ0) is 18.0. The minimum absolute atomic E-state index is 0.0301. The zero-order valence-corrected chi connectivity index (χ0v) is 15.7. The summed E-state index contributed by atoms with van der Waals surface area (Å²) in [6.07, 6.45) is 0. The van der Waals surface area contributed by atoms with E-state index in [2.05, 4.69) is 43.2 Å². The summed E-state index contributed by atoms with van der Waals surface area (Å²) in [5.74, 6) is 0.894. The summed E-state index contributed by atoms with van der Waals surface area (Å²) < 4.78 is 6.80. The van der Waals surface area contributed by atoms with Crippen molar-refractivity contribution in [1.29, 1.82) is 0 Å². The number of amides is 1. The van der Waals surface area contributed by atoms with Gasteiger partial charge in [-0.25, -0.2) is 4.98 Å². The standard InChI is InChI=1S/C20H22N2O2S/c1-12(2)15-7-5-6-8-16(15)24-11-18(23)21-20-22-19-14(4)9-13(3)10-17(19)25-20/h5-10,12H,11H2,1-4H3,(H,21,22,23). The van der Waals surface area contributed by atoms with Crippen LogP contribution < -0.4 is 10.1 Å². The Kier molecular flexibility index (Phi) is 5.04. The van der Waals surface area contributed by atoms with Crippen LogP contribution in [0.4, 0.5) is 5.13 Å². The van der Waals surface area contributed by atoms with Gasteiger partial charge in [0.15, 0.2) is 11.7 Å². The number of thiazole rings is 1. The molecule has 1 N–H and O–H groups in total. The fourth-order valence-corrected chi connectivity index (χ4v) is 3.87. The molecule has 0 aliphatic carbocycles. The number of aromatic nitrogens is 1. The third-order valence-corrected chi connectivity index (χ3v) is 4.89. The van der Waals surface area contributed by atoms with Gasteiger partial charge in [-0.2, -0.15) is 0 Å². The van der Waals surface area contributed by atoms with E-state index in [1.807, 2.05) is 31.2 Å². The summed E-state index contributed by atoms with van der Waals surface area (Å²) in [6.45, 7) is 8.27. The number of nitrogens with zero attached hydrogens (tertiary/aromatic N) is 1. The fraction of sp³-hybridized carbons (Fsp3) is 0.300. The molecule has 1 heterocycles. The second-order valence-corrected chi connectivity index (χ2v) is 7.51. The molecule has 1 aromatic heterocycles. The van der Waals surface area contributed by atoms with Crippen LogP contribution in [0.2, 0.25) is 0 Å². The van der Waals surface area contributed by atoms with Crippen molar-refractivity contribution in [2.24, 2.45) is 0 Å². The van der Waals surface area contributed by atoms with Crippen LogP contribution in [0.1, 0.15) is 36.5 Å². The van der Waals surface area contributed by atoms with E-state index in [-0.39, 0.29) is 12.5 Å². The molecule has 3 aromatic rings. The predicted molar refractivity (Wildman–Crippen MR) is 104 cm³/mol. The number of carbonyl (C=O) groups excluding carboxylic acids is 1. The van der Waals surface area contributed by atoms with E-state index in [9.17, 15) is 4.79 Å². The molecule has 5 heteroatoms. The number of fused-ring (bicyclic) bond motifs is 1. The van der Waals surface area contributed by atoms with Crippen molar-refractivity contribution in [3.63, 3.8) is 0 Å². The highest BCUT2D eigenvalue weighted by Gasteiger charge is 2.12. The van der Waals surface area contributed by atoms with Crippen molar-refractivity contribution in [2.45, 2.75) is 33.6 Å². The van der Waals surface area contributed by atoms with Gasteiger partial charge in [0.2, 0.25) is 0 Å². The van der Waals surface area contributed by atoms with E-state index in [4.69, 9.17) is 4.74 Å².